The summed E-state index contributed by atoms with van der Waals surface area (Å²) in [6.07, 6.45) is -1.65. The van der Waals surface area contributed by atoms with Crippen molar-refractivity contribution in [2.24, 2.45) is 0 Å². The van der Waals surface area contributed by atoms with Crippen LogP contribution < -0.4 is 5.32 Å². The quantitative estimate of drug-likeness (QED) is 0.803. The molecule has 0 fully saturated rings. The molecule has 0 spiro atoms. The zero-order valence-electron chi connectivity index (χ0n) is 13.2. The first-order valence-electron chi connectivity index (χ1n) is 7.16. The lowest BCUT2D eigenvalue weighted by Gasteiger charge is -2.08. The molecule has 0 aliphatic rings. The maximum Gasteiger partial charge on any atom is 0.417 e. The number of aromatic nitrogens is 4. The Morgan fingerprint density at radius 2 is 2.08 bits per heavy atom. The number of alkyl halides is 3. The normalized spacial score (nSPS) is 11.8. The van der Waals surface area contributed by atoms with E-state index in [4.69, 9.17) is 0 Å². The van der Waals surface area contributed by atoms with Crippen molar-refractivity contribution in [2.75, 3.05) is 27.2 Å². The Bertz CT molecular complexity index is 681. The predicted molar refractivity (Wildman–Crippen MR) is 79.7 cm³/mol. The number of nitrogens with zero attached hydrogens (tertiary/aromatic N) is 5. The standard InChI is InChI=1S/C14H17F3N6O/c1-22(2)7-3-6-18-13(24)11-9-23(21-20-11)12-5-4-10(8-19-12)14(15,16)17/h4-5,8-9H,3,6-7H2,1-2H3,(H,18,24). The van der Waals surface area contributed by atoms with Crippen molar-refractivity contribution in [3.05, 3.63) is 35.8 Å². The Hall–Kier alpha value is -2.49. The van der Waals surface area contributed by atoms with Gasteiger partial charge in [-0.2, -0.15) is 13.2 Å². The Balaban J connectivity index is 1.98. The summed E-state index contributed by atoms with van der Waals surface area (Å²) in [5, 5.41) is 10.1. The van der Waals surface area contributed by atoms with Crippen molar-refractivity contribution in [1.82, 2.24) is 30.2 Å². The minimum Gasteiger partial charge on any atom is -0.351 e. The van der Waals surface area contributed by atoms with E-state index in [0.717, 1.165) is 29.8 Å². The topological polar surface area (TPSA) is 75.9 Å². The number of hydrogen-bond donors (Lipinski definition) is 1. The smallest absolute Gasteiger partial charge is 0.351 e. The molecule has 0 bridgehead atoms. The van der Waals surface area contributed by atoms with Crippen LogP contribution in [0.1, 0.15) is 22.5 Å². The van der Waals surface area contributed by atoms with Crippen molar-refractivity contribution in [3.63, 3.8) is 0 Å². The second-order valence-electron chi connectivity index (χ2n) is 5.36. The predicted octanol–water partition coefficient (Wildman–Crippen LogP) is 1.36. The highest BCUT2D eigenvalue weighted by Crippen LogP contribution is 2.28. The third-order valence-electron chi connectivity index (χ3n) is 3.10. The number of rotatable bonds is 6. The van der Waals surface area contributed by atoms with E-state index in [1.807, 2.05) is 19.0 Å². The summed E-state index contributed by atoms with van der Waals surface area (Å²) in [4.78, 5) is 17.6. The largest absolute Gasteiger partial charge is 0.417 e. The molecule has 0 aliphatic heterocycles. The van der Waals surface area contributed by atoms with Crippen LogP contribution in [-0.4, -0.2) is 58.0 Å². The van der Waals surface area contributed by atoms with Gasteiger partial charge in [-0.3, -0.25) is 4.79 Å². The van der Waals surface area contributed by atoms with E-state index < -0.39 is 17.6 Å². The Morgan fingerprint density at radius 1 is 1.33 bits per heavy atom. The van der Waals surface area contributed by atoms with Crippen LogP contribution in [0.25, 0.3) is 5.82 Å². The molecule has 2 aromatic rings. The van der Waals surface area contributed by atoms with E-state index in [-0.39, 0.29) is 11.5 Å². The zero-order chi connectivity index (χ0) is 17.7. The van der Waals surface area contributed by atoms with Gasteiger partial charge in [0.1, 0.15) is 0 Å². The van der Waals surface area contributed by atoms with Gasteiger partial charge in [0.15, 0.2) is 11.5 Å². The average Bonchev–Trinajstić information content (AvgIpc) is 3.00. The molecule has 1 N–H and O–H groups in total. The lowest BCUT2D eigenvalue weighted by Crippen LogP contribution is -2.27. The SMILES string of the molecule is CN(C)CCCNC(=O)c1cn(-c2ccc(C(F)(F)F)cn2)nn1. The van der Waals surface area contributed by atoms with Crippen LogP contribution in [0, 0.1) is 0 Å². The number of amides is 1. The lowest BCUT2D eigenvalue weighted by molar-refractivity contribution is -0.137. The van der Waals surface area contributed by atoms with Crippen LogP contribution in [0.15, 0.2) is 24.5 Å². The molecule has 1 amide bonds. The summed E-state index contributed by atoms with van der Waals surface area (Å²) in [5.41, 5.74) is -0.785. The molecule has 0 aromatic carbocycles. The molecule has 10 heteroatoms. The minimum absolute atomic E-state index is 0.0709. The Morgan fingerprint density at radius 3 is 2.67 bits per heavy atom. The molecule has 0 aliphatic carbocycles. The van der Waals surface area contributed by atoms with Crippen LogP contribution in [0.2, 0.25) is 0 Å². The summed E-state index contributed by atoms with van der Waals surface area (Å²) in [7, 11) is 3.87. The highest BCUT2D eigenvalue weighted by Gasteiger charge is 2.30. The zero-order valence-corrected chi connectivity index (χ0v) is 13.2. The van der Waals surface area contributed by atoms with Gasteiger partial charge in [0.25, 0.3) is 5.91 Å². The third-order valence-corrected chi connectivity index (χ3v) is 3.10. The second-order valence-corrected chi connectivity index (χ2v) is 5.36. The molecule has 0 atom stereocenters. The van der Waals surface area contributed by atoms with Gasteiger partial charge in [-0.1, -0.05) is 5.21 Å². The molecule has 130 valence electrons. The maximum absolute atomic E-state index is 12.5. The fourth-order valence-electron chi connectivity index (χ4n) is 1.86. The molecule has 0 saturated heterocycles. The van der Waals surface area contributed by atoms with E-state index >= 15 is 0 Å². The van der Waals surface area contributed by atoms with Crippen LogP contribution in [0.3, 0.4) is 0 Å². The van der Waals surface area contributed by atoms with Gasteiger partial charge >= 0.3 is 6.18 Å². The summed E-state index contributed by atoms with van der Waals surface area (Å²) >= 11 is 0. The number of carbonyl (C=O) groups excluding carboxylic acids is 1. The summed E-state index contributed by atoms with van der Waals surface area (Å²) in [5.74, 6) is -0.255. The van der Waals surface area contributed by atoms with E-state index in [1.165, 1.54) is 6.20 Å². The fraction of sp³-hybridized carbons (Fsp3) is 0.429. The Kier molecular flexibility index (Phi) is 5.50. The van der Waals surface area contributed by atoms with Crippen molar-refractivity contribution < 1.29 is 18.0 Å². The number of halogens is 3. The summed E-state index contributed by atoms with van der Waals surface area (Å²) in [6.45, 7) is 1.32. The molecule has 0 unspecified atom stereocenters. The molecular weight excluding hydrogens is 325 g/mol. The first-order valence-corrected chi connectivity index (χ1v) is 7.16. The molecule has 0 radical (unpaired) electrons. The third kappa shape index (κ3) is 4.75. The molecule has 2 rings (SSSR count). The van der Waals surface area contributed by atoms with E-state index in [9.17, 15) is 18.0 Å². The molecule has 2 aromatic heterocycles. The molecular formula is C14H17F3N6O. The highest BCUT2D eigenvalue weighted by atomic mass is 19.4. The summed E-state index contributed by atoms with van der Waals surface area (Å²) in [6, 6.07) is 2.06. The number of carbonyl (C=O) groups is 1. The van der Waals surface area contributed by atoms with Gasteiger partial charge in [-0.05, 0) is 39.2 Å². The van der Waals surface area contributed by atoms with Crippen LogP contribution in [0.5, 0.6) is 0 Å². The number of nitrogens with one attached hydrogen (secondary N) is 1. The number of pyridine rings is 1. The number of hydrogen-bond acceptors (Lipinski definition) is 5. The molecule has 24 heavy (non-hydrogen) atoms. The second kappa shape index (κ2) is 7.39. The molecule has 0 saturated carbocycles. The maximum atomic E-state index is 12.5. The average molecular weight is 342 g/mol. The van der Waals surface area contributed by atoms with Gasteiger partial charge in [0.2, 0.25) is 0 Å². The van der Waals surface area contributed by atoms with Gasteiger partial charge in [0, 0.05) is 12.7 Å². The summed E-state index contributed by atoms with van der Waals surface area (Å²) < 4.78 is 38.6. The fourth-order valence-corrected chi connectivity index (χ4v) is 1.86. The van der Waals surface area contributed by atoms with Crippen molar-refractivity contribution in [2.45, 2.75) is 12.6 Å². The molecule has 7 nitrogen and oxygen atoms in total. The Labute approximate surface area is 136 Å². The van der Waals surface area contributed by atoms with Crippen molar-refractivity contribution in [1.29, 1.82) is 0 Å². The van der Waals surface area contributed by atoms with Gasteiger partial charge in [0.05, 0.1) is 11.8 Å². The van der Waals surface area contributed by atoms with Gasteiger partial charge in [-0.15, -0.1) is 5.10 Å². The van der Waals surface area contributed by atoms with Crippen LogP contribution >= 0.6 is 0 Å². The van der Waals surface area contributed by atoms with E-state index in [0.29, 0.717) is 12.7 Å². The first kappa shape index (κ1) is 17.9. The monoisotopic (exact) mass is 342 g/mol. The van der Waals surface area contributed by atoms with Crippen molar-refractivity contribution >= 4 is 5.91 Å². The van der Waals surface area contributed by atoms with Gasteiger partial charge in [-0.25, -0.2) is 9.67 Å². The minimum atomic E-state index is -4.45. The van der Waals surface area contributed by atoms with Crippen LogP contribution in [0.4, 0.5) is 13.2 Å². The highest BCUT2D eigenvalue weighted by molar-refractivity contribution is 5.91. The van der Waals surface area contributed by atoms with Crippen LogP contribution in [-0.2, 0) is 6.18 Å². The molecule has 2 heterocycles. The first-order chi connectivity index (χ1) is 11.3. The van der Waals surface area contributed by atoms with E-state index in [1.54, 1.807) is 0 Å². The lowest BCUT2D eigenvalue weighted by atomic mass is 10.3. The van der Waals surface area contributed by atoms with Gasteiger partial charge < -0.3 is 10.2 Å². The van der Waals surface area contributed by atoms with E-state index in [2.05, 4.69) is 20.6 Å². The van der Waals surface area contributed by atoms with Crippen molar-refractivity contribution in [3.8, 4) is 5.82 Å².